The largest absolute Gasteiger partial charge is 0.405 e. The number of alkyl halides is 3. The minimum atomic E-state index is -4.25. The minimum Gasteiger partial charge on any atom is -0.345 e. The van der Waals surface area contributed by atoms with Crippen LogP contribution < -0.4 is 10.6 Å². The molecule has 120 valence electrons. The highest BCUT2D eigenvalue weighted by Crippen LogP contribution is 2.25. The number of aryl methyl sites for hydroxylation is 1. The van der Waals surface area contributed by atoms with Gasteiger partial charge in [-0.25, -0.2) is 4.98 Å². The second-order valence-corrected chi connectivity index (χ2v) is 5.69. The standard InChI is InChI=1S/C15H24F3N3/c1-5-13(19)7-12-6-11(4)14(20-8-12)21(10(2)3)9-15(16,17)18/h6,8,10,13H,5,7,9,19H2,1-4H3. The zero-order valence-corrected chi connectivity index (χ0v) is 13.0. The van der Waals surface area contributed by atoms with Crippen molar-refractivity contribution >= 4 is 5.82 Å². The van der Waals surface area contributed by atoms with Crippen molar-refractivity contribution in [3.63, 3.8) is 0 Å². The fraction of sp³-hybridized carbons (Fsp3) is 0.667. The monoisotopic (exact) mass is 303 g/mol. The lowest BCUT2D eigenvalue weighted by Crippen LogP contribution is -2.40. The summed E-state index contributed by atoms with van der Waals surface area (Å²) in [5.74, 6) is 0.385. The quantitative estimate of drug-likeness (QED) is 0.875. The molecule has 0 saturated carbocycles. The summed E-state index contributed by atoms with van der Waals surface area (Å²) in [6.07, 6.45) is -1.08. The predicted molar refractivity (Wildman–Crippen MR) is 79.5 cm³/mol. The van der Waals surface area contributed by atoms with Crippen LogP contribution >= 0.6 is 0 Å². The molecular weight excluding hydrogens is 279 g/mol. The zero-order chi connectivity index (χ0) is 16.2. The third kappa shape index (κ3) is 5.53. The van der Waals surface area contributed by atoms with Crippen molar-refractivity contribution in [2.24, 2.45) is 5.73 Å². The molecule has 0 fully saturated rings. The molecule has 0 amide bonds. The van der Waals surface area contributed by atoms with Crippen molar-refractivity contribution in [3.8, 4) is 0 Å². The molecule has 0 radical (unpaired) electrons. The van der Waals surface area contributed by atoms with Crippen molar-refractivity contribution in [3.05, 3.63) is 23.4 Å². The fourth-order valence-electron chi connectivity index (χ4n) is 2.18. The van der Waals surface area contributed by atoms with Gasteiger partial charge in [0, 0.05) is 18.3 Å². The smallest absolute Gasteiger partial charge is 0.345 e. The number of hydrogen-bond acceptors (Lipinski definition) is 3. The van der Waals surface area contributed by atoms with Gasteiger partial charge in [0.2, 0.25) is 0 Å². The number of nitrogens with two attached hydrogens (primary N) is 1. The first-order valence-corrected chi connectivity index (χ1v) is 7.18. The van der Waals surface area contributed by atoms with E-state index in [2.05, 4.69) is 4.98 Å². The van der Waals surface area contributed by atoms with Gasteiger partial charge in [-0.2, -0.15) is 13.2 Å². The summed E-state index contributed by atoms with van der Waals surface area (Å²) >= 11 is 0. The molecule has 1 aromatic rings. The van der Waals surface area contributed by atoms with Crippen LogP contribution in [0.4, 0.5) is 19.0 Å². The van der Waals surface area contributed by atoms with Crippen LogP contribution in [0.2, 0.25) is 0 Å². The zero-order valence-electron chi connectivity index (χ0n) is 13.0. The van der Waals surface area contributed by atoms with E-state index in [0.717, 1.165) is 17.5 Å². The number of nitrogens with zero attached hydrogens (tertiary/aromatic N) is 2. The highest BCUT2D eigenvalue weighted by atomic mass is 19.4. The molecule has 1 unspecified atom stereocenters. The molecule has 6 heteroatoms. The lowest BCUT2D eigenvalue weighted by Gasteiger charge is -2.30. The SMILES string of the molecule is CCC(N)Cc1cnc(N(CC(F)(F)F)C(C)C)c(C)c1. The normalized spacial score (nSPS) is 13.6. The summed E-state index contributed by atoms with van der Waals surface area (Å²) < 4.78 is 38.1. The lowest BCUT2D eigenvalue weighted by molar-refractivity contribution is -0.120. The maximum absolute atomic E-state index is 12.7. The number of anilines is 1. The van der Waals surface area contributed by atoms with Gasteiger partial charge in [-0.1, -0.05) is 13.0 Å². The molecule has 1 atom stereocenters. The summed E-state index contributed by atoms with van der Waals surface area (Å²) in [4.78, 5) is 5.52. The van der Waals surface area contributed by atoms with Crippen molar-refractivity contribution in [2.75, 3.05) is 11.4 Å². The van der Waals surface area contributed by atoms with Crippen LogP contribution in [0.25, 0.3) is 0 Å². The Bertz CT molecular complexity index is 458. The van der Waals surface area contributed by atoms with Gasteiger partial charge in [0.1, 0.15) is 12.4 Å². The van der Waals surface area contributed by atoms with Gasteiger partial charge < -0.3 is 10.6 Å². The Morgan fingerprint density at radius 1 is 1.33 bits per heavy atom. The number of rotatable bonds is 6. The van der Waals surface area contributed by atoms with Crippen molar-refractivity contribution < 1.29 is 13.2 Å². The Hall–Kier alpha value is -1.30. The molecule has 0 aliphatic rings. The third-order valence-electron chi connectivity index (χ3n) is 3.37. The van der Waals surface area contributed by atoms with Crippen molar-refractivity contribution in [1.82, 2.24) is 4.98 Å². The molecule has 0 bridgehead atoms. The van der Waals surface area contributed by atoms with Gasteiger partial charge in [-0.3, -0.25) is 0 Å². The molecule has 0 aromatic carbocycles. The van der Waals surface area contributed by atoms with Crippen LogP contribution in [0.5, 0.6) is 0 Å². The van der Waals surface area contributed by atoms with Gasteiger partial charge in [-0.15, -0.1) is 0 Å². The van der Waals surface area contributed by atoms with E-state index in [1.54, 1.807) is 27.0 Å². The maximum Gasteiger partial charge on any atom is 0.405 e. The van der Waals surface area contributed by atoms with Gasteiger partial charge in [0.25, 0.3) is 0 Å². The molecule has 0 aliphatic carbocycles. The maximum atomic E-state index is 12.7. The minimum absolute atomic E-state index is 0.0495. The number of halogens is 3. The Labute approximate surface area is 124 Å². The average Bonchev–Trinajstić information content (AvgIpc) is 2.35. The van der Waals surface area contributed by atoms with E-state index in [4.69, 9.17) is 5.73 Å². The molecular formula is C15H24F3N3. The van der Waals surface area contributed by atoms with E-state index in [1.807, 2.05) is 13.0 Å². The van der Waals surface area contributed by atoms with Gasteiger partial charge in [-0.05, 0) is 44.7 Å². The van der Waals surface area contributed by atoms with E-state index >= 15 is 0 Å². The molecule has 1 aromatic heterocycles. The van der Waals surface area contributed by atoms with Gasteiger partial charge in [0.15, 0.2) is 0 Å². The summed E-state index contributed by atoms with van der Waals surface area (Å²) in [5, 5.41) is 0. The number of aromatic nitrogens is 1. The van der Waals surface area contributed by atoms with Crippen LogP contribution in [0, 0.1) is 6.92 Å². The summed E-state index contributed by atoms with van der Waals surface area (Å²) in [7, 11) is 0. The molecule has 1 heterocycles. The number of hydrogen-bond donors (Lipinski definition) is 1. The van der Waals surface area contributed by atoms with Gasteiger partial charge in [0.05, 0.1) is 0 Å². The second kappa shape index (κ2) is 7.11. The first-order chi connectivity index (χ1) is 9.64. The van der Waals surface area contributed by atoms with Crippen LogP contribution in [-0.2, 0) is 6.42 Å². The van der Waals surface area contributed by atoms with Crippen LogP contribution in [0.3, 0.4) is 0 Å². The average molecular weight is 303 g/mol. The molecule has 0 spiro atoms. The third-order valence-corrected chi connectivity index (χ3v) is 3.37. The molecule has 21 heavy (non-hydrogen) atoms. The molecule has 1 rings (SSSR count). The highest BCUT2D eigenvalue weighted by Gasteiger charge is 2.33. The Kier molecular flexibility index (Phi) is 6.01. The highest BCUT2D eigenvalue weighted by molar-refractivity contribution is 5.48. The van der Waals surface area contributed by atoms with E-state index in [0.29, 0.717) is 12.2 Å². The summed E-state index contributed by atoms with van der Waals surface area (Å²) in [5.41, 5.74) is 7.60. The van der Waals surface area contributed by atoms with Gasteiger partial charge >= 0.3 is 6.18 Å². The number of pyridine rings is 1. The van der Waals surface area contributed by atoms with Crippen LogP contribution in [0.1, 0.15) is 38.3 Å². The van der Waals surface area contributed by atoms with E-state index in [1.165, 1.54) is 4.90 Å². The Morgan fingerprint density at radius 3 is 2.38 bits per heavy atom. The van der Waals surface area contributed by atoms with E-state index < -0.39 is 12.7 Å². The lowest BCUT2D eigenvalue weighted by atomic mass is 10.0. The Morgan fingerprint density at radius 2 is 1.95 bits per heavy atom. The summed E-state index contributed by atoms with van der Waals surface area (Å²) in [6.45, 7) is 6.26. The summed E-state index contributed by atoms with van der Waals surface area (Å²) in [6, 6.07) is 1.65. The van der Waals surface area contributed by atoms with Crippen molar-refractivity contribution in [2.45, 2.75) is 58.8 Å². The fourth-order valence-corrected chi connectivity index (χ4v) is 2.18. The first kappa shape index (κ1) is 17.8. The second-order valence-electron chi connectivity index (χ2n) is 5.69. The first-order valence-electron chi connectivity index (χ1n) is 7.18. The van der Waals surface area contributed by atoms with E-state index in [-0.39, 0.29) is 12.1 Å². The van der Waals surface area contributed by atoms with E-state index in [9.17, 15) is 13.2 Å². The van der Waals surface area contributed by atoms with Crippen LogP contribution in [0.15, 0.2) is 12.3 Å². The van der Waals surface area contributed by atoms with Crippen LogP contribution in [-0.4, -0.2) is 29.8 Å². The molecule has 2 N–H and O–H groups in total. The van der Waals surface area contributed by atoms with Crippen molar-refractivity contribution in [1.29, 1.82) is 0 Å². The molecule has 3 nitrogen and oxygen atoms in total. The predicted octanol–water partition coefficient (Wildman–Crippen LogP) is 3.45. The topological polar surface area (TPSA) is 42.1 Å². The molecule has 0 saturated heterocycles. The molecule has 0 aliphatic heterocycles. The Balaban J connectivity index is 3.00.